The van der Waals surface area contributed by atoms with Gasteiger partial charge < -0.3 is 0 Å². The quantitative estimate of drug-likeness (QED) is 0.530. The van der Waals surface area contributed by atoms with E-state index >= 15 is 0 Å². The highest BCUT2D eigenvalue weighted by atomic mass is 14.7. The molecule has 72 valence electrons. The van der Waals surface area contributed by atoms with E-state index in [9.17, 15) is 0 Å². The van der Waals surface area contributed by atoms with Gasteiger partial charge in [-0.05, 0) is 67.6 Å². The maximum absolute atomic E-state index is 1.64. The number of rotatable bonds is 0. The Bertz CT molecular complexity index is 208. The summed E-state index contributed by atoms with van der Waals surface area (Å²) in [6.07, 6.45) is 11.2. The van der Waals surface area contributed by atoms with E-state index in [4.69, 9.17) is 0 Å². The van der Waals surface area contributed by atoms with Gasteiger partial charge in [-0.3, -0.25) is 0 Å². The van der Waals surface area contributed by atoms with Gasteiger partial charge in [-0.2, -0.15) is 0 Å². The molecular weight excluding hydrogens is 156 g/mol. The molecule has 0 N–H and O–H groups in total. The largest absolute Gasteiger partial charge is 0.0530 e. The first kappa shape index (κ1) is 7.31. The van der Waals surface area contributed by atoms with Crippen LogP contribution in [0.5, 0.6) is 0 Å². The standard InChI is InChI=1S/C13H20/c1-2-4-11-10(3-1)12-8-5-6-9(7-8)13(11)12/h8-13H,1-7H2. The topological polar surface area (TPSA) is 0 Å². The van der Waals surface area contributed by atoms with Crippen molar-refractivity contribution < 1.29 is 0 Å². The van der Waals surface area contributed by atoms with E-state index in [2.05, 4.69) is 0 Å². The SMILES string of the molecule is C1CCC2C(C1)C1C3CCC(C3)C21. The molecule has 0 heteroatoms. The normalized spacial score (nSPS) is 62.8. The maximum Gasteiger partial charge on any atom is -0.0321 e. The predicted octanol–water partition coefficient (Wildman–Crippen LogP) is 3.47. The van der Waals surface area contributed by atoms with Crippen LogP contribution < -0.4 is 0 Å². The molecule has 0 amide bonds. The first-order chi connectivity index (χ1) is 6.45. The van der Waals surface area contributed by atoms with Crippen LogP contribution in [0.15, 0.2) is 0 Å². The third-order valence-electron chi connectivity index (χ3n) is 5.91. The van der Waals surface area contributed by atoms with Crippen LogP contribution in [0, 0.1) is 35.5 Å². The van der Waals surface area contributed by atoms with Gasteiger partial charge in [0.1, 0.15) is 0 Å². The van der Waals surface area contributed by atoms with Crippen molar-refractivity contribution in [1.82, 2.24) is 0 Å². The zero-order valence-electron chi connectivity index (χ0n) is 8.41. The number of hydrogen-bond acceptors (Lipinski definition) is 0. The van der Waals surface area contributed by atoms with Gasteiger partial charge in [0.25, 0.3) is 0 Å². The molecule has 0 aromatic rings. The van der Waals surface area contributed by atoms with Crippen LogP contribution in [-0.4, -0.2) is 0 Å². The molecule has 6 atom stereocenters. The Balaban J connectivity index is 1.65. The highest BCUT2D eigenvalue weighted by Crippen LogP contribution is 2.69. The van der Waals surface area contributed by atoms with Gasteiger partial charge in [0.2, 0.25) is 0 Å². The summed E-state index contributed by atoms with van der Waals surface area (Å²) in [5.74, 6) is 7.32. The molecule has 4 aliphatic carbocycles. The lowest BCUT2D eigenvalue weighted by Crippen LogP contribution is -2.51. The molecule has 0 saturated heterocycles. The minimum Gasteiger partial charge on any atom is -0.0530 e. The number of hydrogen-bond donors (Lipinski definition) is 0. The average molecular weight is 176 g/mol. The molecule has 4 fully saturated rings. The van der Waals surface area contributed by atoms with E-state index in [0.29, 0.717) is 0 Å². The smallest absolute Gasteiger partial charge is 0.0321 e. The first-order valence-electron chi connectivity index (χ1n) is 6.45. The van der Waals surface area contributed by atoms with Gasteiger partial charge in [-0.15, -0.1) is 0 Å². The van der Waals surface area contributed by atoms with E-state index in [1.54, 1.807) is 44.9 Å². The second kappa shape index (κ2) is 2.32. The van der Waals surface area contributed by atoms with Gasteiger partial charge in [0, 0.05) is 0 Å². The summed E-state index contributed by atoms with van der Waals surface area (Å²) in [6, 6.07) is 0. The highest BCUT2D eigenvalue weighted by molar-refractivity contribution is 5.10. The van der Waals surface area contributed by atoms with Crippen molar-refractivity contribution >= 4 is 0 Å². The minimum absolute atomic E-state index is 1.20. The molecule has 6 unspecified atom stereocenters. The molecular formula is C13H20. The van der Waals surface area contributed by atoms with Gasteiger partial charge >= 0.3 is 0 Å². The van der Waals surface area contributed by atoms with Crippen molar-refractivity contribution in [3.8, 4) is 0 Å². The first-order valence-corrected chi connectivity index (χ1v) is 6.45. The Morgan fingerprint density at radius 3 is 1.69 bits per heavy atom. The van der Waals surface area contributed by atoms with Gasteiger partial charge in [0.05, 0.1) is 0 Å². The average Bonchev–Trinajstić information content (AvgIpc) is 2.68. The molecule has 0 aromatic carbocycles. The molecule has 0 spiro atoms. The lowest BCUT2D eigenvalue weighted by atomic mass is 9.48. The molecule has 0 radical (unpaired) electrons. The van der Waals surface area contributed by atoms with Crippen molar-refractivity contribution in [2.75, 3.05) is 0 Å². The Kier molecular flexibility index (Phi) is 1.31. The van der Waals surface area contributed by atoms with Crippen LogP contribution in [-0.2, 0) is 0 Å². The summed E-state index contributed by atoms with van der Waals surface area (Å²) >= 11 is 0. The predicted molar refractivity (Wildman–Crippen MR) is 53.3 cm³/mol. The van der Waals surface area contributed by atoms with Crippen molar-refractivity contribution in [2.45, 2.75) is 44.9 Å². The zero-order chi connectivity index (χ0) is 8.41. The van der Waals surface area contributed by atoms with Crippen molar-refractivity contribution in [2.24, 2.45) is 35.5 Å². The third-order valence-corrected chi connectivity index (χ3v) is 5.91. The lowest BCUT2D eigenvalue weighted by molar-refractivity contribution is -0.0850. The summed E-state index contributed by atoms with van der Waals surface area (Å²) in [5.41, 5.74) is 0. The van der Waals surface area contributed by atoms with Crippen LogP contribution in [0.4, 0.5) is 0 Å². The summed E-state index contributed by atoms with van der Waals surface area (Å²) in [7, 11) is 0. The lowest BCUT2D eigenvalue weighted by Gasteiger charge is -2.57. The van der Waals surface area contributed by atoms with Gasteiger partial charge in [-0.25, -0.2) is 0 Å². The molecule has 13 heavy (non-hydrogen) atoms. The highest BCUT2D eigenvalue weighted by Gasteiger charge is 2.62. The van der Waals surface area contributed by atoms with Crippen LogP contribution in [0.2, 0.25) is 0 Å². The van der Waals surface area contributed by atoms with Crippen molar-refractivity contribution in [1.29, 1.82) is 0 Å². The molecule has 0 heterocycles. The monoisotopic (exact) mass is 176 g/mol. The second-order valence-corrected chi connectivity index (χ2v) is 6.10. The Hall–Kier alpha value is 0. The van der Waals surface area contributed by atoms with Crippen LogP contribution in [0.25, 0.3) is 0 Å². The van der Waals surface area contributed by atoms with Gasteiger partial charge in [0.15, 0.2) is 0 Å². The summed E-state index contributed by atoms with van der Waals surface area (Å²) in [5, 5.41) is 0. The minimum atomic E-state index is 1.20. The summed E-state index contributed by atoms with van der Waals surface area (Å²) < 4.78 is 0. The van der Waals surface area contributed by atoms with Crippen LogP contribution in [0.3, 0.4) is 0 Å². The van der Waals surface area contributed by atoms with Crippen molar-refractivity contribution in [3.63, 3.8) is 0 Å². The molecule has 0 nitrogen and oxygen atoms in total. The van der Waals surface area contributed by atoms with Crippen molar-refractivity contribution in [3.05, 3.63) is 0 Å². The van der Waals surface area contributed by atoms with E-state index in [-0.39, 0.29) is 0 Å². The Morgan fingerprint density at radius 1 is 0.615 bits per heavy atom. The fourth-order valence-corrected chi connectivity index (χ4v) is 5.65. The second-order valence-electron chi connectivity index (χ2n) is 6.10. The molecule has 4 saturated carbocycles. The molecule has 4 rings (SSSR count). The molecule has 0 aromatic heterocycles. The Labute approximate surface area is 81.1 Å². The van der Waals surface area contributed by atoms with E-state index in [1.807, 2.05) is 0 Å². The van der Waals surface area contributed by atoms with Crippen LogP contribution >= 0.6 is 0 Å². The van der Waals surface area contributed by atoms with E-state index in [0.717, 1.165) is 0 Å². The van der Waals surface area contributed by atoms with E-state index < -0.39 is 0 Å². The zero-order valence-corrected chi connectivity index (χ0v) is 8.41. The molecule has 2 bridgehead atoms. The maximum atomic E-state index is 1.64. The molecule has 4 aliphatic rings. The fourth-order valence-electron chi connectivity index (χ4n) is 5.65. The molecule has 0 aliphatic heterocycles. The summed E-state index contributed by atoms with van der Waals surface area (Å²) in [4.78, 5) is 0. The van der Waals surface area contributed by atoms with Crippen LogP contribution in [0.1, 0.15) is 44.9 Å². The Morgan fingerprint density at radius 2 is 1.15 bits per heavy atom. The summed E-state index contributed by atoms with van der Waals surface area (Å²) in [6.45, 7) is 0. The number of fused-ring (bicyclic) bond motifs is 8. The third kappa shape index (κ3) is 0.750. The fraction of sp³-hybridized carbons (Fsp3) is 1.00. The van der Waals surface area contributed by atoms with Gasteiger partial charge in [-0.1, -0.05) is 12.8 Å². The van der Waals surface area contributed by atoms with E-state index in [1.165, 1.54) is 35.5 Å².